The average Bonchev–Trinajstić information content (AvgIpc) is 1.90. The number of hydrogen-bond acceptors (Lipinski definition) is 3. The summed E-state index contributed by atoms with van der Waals surface area (Å²) in [6.07, 6.45) is 3.71. The van der Waals surface area contributed by atoms with Gasteiger partial charge in [0.05, 0.1) is 5.73 Å². The Morgan fingerprint density at radius 1 is 1.33 bits per heavy atom. The minimum absolute atomic E-state index is 0.422. The quantitative estimate of drug-likeness (QED) is 0.455. The summed E-state index contributed by atoms with van der Waals surface area (Å²) in [5.74, 6) is 0. The Labute approximate surface area is 67.9 Å². The van der Waals surface area contributed by atoms with E-state index in [0.29, 0.717) is 5.73 Å². The van der Waals surface area contributed by atoms with Crippen molar-refractivity contribution in [1.82, 2.24) is 0 Å². The lowest BCUT2D eigenvalue weighted by atomic mass is 10.2. The molecule has 0 aromatic heterocycles. The van der Waals surface area contributed by atoms with Crippen molar-refractivity contribution in [1.29, 1.82) is 0 Å². The van der Waals surface area contributed by atoms with Gasteiger partial charge in [0.25, 0.3) is 0 Å². The van der Waals surface area contributed by atoms with Crippen LogP contribution < -0.4 is 0 Å². The summed E-state index contributed by atoms with van der Waals surface area (Å²) in [7, 11) is -1.09. The van der Waals surface area contributed by atoms with Gasteiger partial charge in [-0.25, -0.2) is 0 Å². The molecule has 1 saturated heterocycles. The lowest BCUT2D eigenvalue weighted by molar-refractivity contribution is 0.0661. The summed E-state index contributed by atoms with van der Waals surface area (Å²) in [4.78, 5) is 0. The molecule has 0 amide bonds. The zero-order valence-electron chi connectivity index (χ0n) is 5.29. The summed E-state index contributed by atoms with van der Waals surface area (Å²) in [5, 5.41) is 0. The molecule has 0 aromatic carbocycles. The molecule has 1 heterocycles. The van der Waals surface area contributed by atoms with Crippen molar-refractivity contribution in [2.24, 2.45) is 0 Å². The molecule has 4 heteroatoms. The Bertz CT molecular complexity index is 83.0. The molecule has 1 atom stereocenters. The third-order valence-electron chi connectivity index (χ3n) is 1.55. The van der Waals surface area contributed by atoms with Crippen molar-refractivity contribution in [2.75, 3.05) is 6.61 Å². The van der Waals surface area contributed by atoms with Gasteiger partial charge < -0.3 is 4.74 Å². The highest BCUT2D eigenvalue weighted by molar-refractivity contribution is 8.40. The van der Waals surface area contributed by atoms with E-state index < -0.39 is 7.10 Å². The molecule has 54 valence electrons. The third kappa shape index (κ3) is 2.53. The predicted octanol–water partition coefficient (Wildman–Crippen LogP) is 1.17. The lowest BCUT2D eigenvalue weighted by Gasteiger charge is -2.23. The number of ether oxygens (including phenoxy) is 1. The van der Waals surface area contributed by atoms with Crippen LogP contribution in [0.5, 0.6) is 0 Å². The molecule has 0 N–H and O–H groups in total. The molecular weight excluding hydrogens is 168 g/mol. The highest BCUT2D eigenvalue weighted by Crippen LogP contribution is 2.17. The maximum atomic E-state index is 5.45. The first-order valence-corrected chi connectivity index (χ1v) is 8.08. The topological polar surface area (TPSA) is 9.23 Å². The SMILES string of the molecule is S[SiH](S)C1CCCCO1. The van der Waals surface area contributed by atoms with Crippen LogP contribution in [0.3, 0.4) is 0 Å². The van der Waals surface area contributed by atoms with Crippen molar-refractivity contribution in [3.8, 4) is 0 Å². The monoisotopic (exact) mass is 180 g/mol. The van der Waals surface area contributed by atoms with Crippen LogP contribution in [-0.2, 0) is 4.74 Å². The third-order valence-corrected chi connectivity index (χ3v) is 4.73. The van der Waals surface area contributed by atoms with Crippen LogP contribution in [0.1, 0.15) is 19.3 Å². The van der Waals surface area contributed by atoms with Crippen LogP contribution >= 0.6 is 24.2 Å². The molecule has 0 saturated carbocycles. The van der Waals surface area contributed by atoms with Crippen molar-refractivity contribution < 1.29 is 4.74 Å². The van der Waals surface area contributed by atoms with Gasteiger partial charge >= 0.3 is 0 Å². The Morgan fingerprint density at radius 2 is 2.11 bits per heavy atom. The van der Waals surface area contributed by atoms with Crippen LogP contribution in [0.2, 0.25) is 0 Å². The fourth-order valence-electron chi connectivity index (χ4n) is 1.00. The number of thiol groups is 2. The van der Waals surface area contributed by atoms with E-state index in [1.807, 2.05) is 0 Å². The fraction of sp³-hybridized carbons (Fsp3) is 1.00. The first-order valence-electron chi connectivity index (χ1n) is 3.28. The zero-order valence-corrected chi connectivity index (χ0v) is 8.23. The smallest absolute Gasteiger partial charge is 0.183 e. The van der Waals surface area contributed by atoms with Crippen LogP contribution in [0.25, 0.3) is 0 Å². The van der Waals surface area contributed by atoms with Gasteiger partial charge in [0, 0.05) is 6.61 Å². The maximum Gasteiger partial charge on any atom is 0.183 e. The van der Waals surface area contributed by atoms with Crippen molar-refractivity contribution in [3.05, 3.63) is 0 Å². The Kier molecular flexibility index (Phi) is 3.46. The van der Waals surface area contributed by atoms with E-state index >= 15 is 0 Å². The van der Waals surface area contributed by atoms with Crippen LogP contribution in [0, 0.1) is 0 Å². The van der Waals surface area contributed by atoms with Crippen LogP contribution in [-0.4, -0.2) is 19.4 Å². The van der Waals surface area contributed by atoms with E-state index in [0.717, 1.165) is 6.61 Å². The number of hydrogen-bond donors (Lipinski definition) is 2. The minimum atomic E-state index is -1.09. The summed E-state index contributed by atoms with van der Waals surface area (Å²) in [5.41, 5.74) is 0.422. The molecule has 1 unspecified atom stereocenters. The van der Waals surface area contributed by atoms with E-state index in [2.05, 4.69) is 24.2 Å². The predicted molar refractivity (Wildman–Crippen MR) is 48.7 cm³/mol. The largest absolute Gasteiger partial charge is 0.380 e. The lowest BCUT2D eigenvalue weighted by Crippen LogP contribution is -2.28. The summed E-state index contributed by atoms with van der Waals surface area (Å²) in [6, 6.07) is 0. The molecule has 0 bridgehead atoms. The van der Waals surface area contributed by atoms with Gasteiger partial charge in [-0.05, 0) is 19.3 Å². The first-order chi connectivity index (χ1) is 4.30. The standard InChI is InChI=1S/C5H12OS2Si/c7-9(8)5-3-1-2-4-6-5/h5,7-9H,1-4H2. The fourth-order valence-corrected chi connectivity index (χ4v) is 3.25. The van der Waals surface area contributed by atoms with E-state index in [1.165, 1.54) is 19.3 Å². The molecule has 1 nitrogen and oxygen atoms in total. The molecule has 1 fully saturated rings. The van der Waals surface area contributed by atoms with Crippen LogP contribution in [0.15, 0.2) is 0 Å². The molecule has 0 radical (unpaired) electrons. The van der Waals surface area contributed by atoms with Crippen molar-refractivity contribution in [2.45, 2.75) is 25.0 Å². The summed E-state index contributed by atoms with van der Waals surface area (Å²) in [6.45, 7) is 0.926. The molecule has 1 rings (SSSR count). The Hall–Kier alpha value is 0.877. The van der Waals surface area contributed by atoms with Gasteiger partial charge in [-0.1, -0.05) is 0 Å². The molecule has 0 spiro atoms. The highest BCUT2D eigenvalue weighted by atomic mass is 32.5. The zero-order chi connectivity index (χ0) is 6.69. The van der Waals surface area contributed by atoms with E-state index in [4.69, 9.17) is 4.74 Å². The van der Waals surface area contributed by atoms with Crippen LogP contribution in [0.4, 0.5) is 0 Å². The minimum Gasteiger partial charge on any atom is -0.380 e. The first kappa shape index (κ1) is 7.98. The maximum absolute atomic E-state index is 5.45. The molecule has 1 aliphatic rings. The van der Waals surface area contributed by atoms with Gasteiger partial charge in [-0.2, -0.15) is 24.2 Å². The van der Waals surface area contributed by atoms with E-state index in [-0.39, 0.29) is 0 Å². The van der Waals surface area contributed by atoms with Gasteiger partial charge in [-0.15, -0.1) is 0 Å². The van der Waals surface area contributed by atoms with Gasteiger partial charge in [0.1, 0.15) is 0 Å². The summed E-state index contributed by atoms with van der Waals surface area (Å²) < 4.78 is 5.45. The molecule has 0 aromatic rings. The second-order valence-electron chi connectivity index (χ2n) is 2.32. The van der Waals surface area contributed by atoms with Crippen molar-refractivity contribution >= 4 is 31.3 Å². The van der Waals surface area contributed by atoms with Gasteiger partial charge in [0.15, 0.2) is 7.10 Å². The number of rotatable bonds is 1. The van der Waals surface area contributed by atoms with Crippen molar-refractivity contribution in [3.63, 3.8) is 0 Å². The second-order valence-corrected chi connectivity index (χ2v) is 8.45. The Morgan fingerprint density at radius 3 is 2.44 bits per heavy atom. The van der Waals surface area contributed by atoms with Gasteiger partial charge in [0.2, 0.25) is 0 Å². The van der Waals surface area contributed by atoms with Gasteiger partial charge in [-0.3, -0.25) is 0 Å². The molecule has 0 aliphatic carbocycles. The highest BCUT2D eigenvalue weighted by Gasteiger charge is 2.19. The molecule has 1 aliphatic heterocycles. The molecular formula is C5H12OS2Si. The second kappa shape index (κ2) is 3.90. The summed E-state index contributed by atoms with van der Waals surface area (Å²) >= 11 is 8.64. The molecule has 9 heavy (non-hydrogen) atoms. The normalized spacial score (nSPS) is 29.0. The van der Waals surface area contributed by atoms with E-state index in [9.17, 15) is 0 Å². The van der Waals surface area contributed by atoms with E-state index in [1.54, 1.807) is 0 Å². The Balaban J connectivity index is 2.23. The average molecular weight is 180 g/mol.